The van der Waals surface area contributed by atoms with Gasteiger partial charge in [-0.25, -0.2) is 0 Å². The Hall–Kier alpha value is -1.35. The Balaban J connectivity index is 2.60. The highest BCUT2D eigenvalue weighted by Crippen LogP contribution is 2.16. The smallest absolute Gasteiger partial charge is 0.165 e. The summed E-state index contributed by atoms with van der Waals surface area (Å²) in [6.07, 6.45) is 0.530. The largest absolute Gasteiger partial charge is 0.491 e. The van der Waals surface area contributed by atoms with Crippen LogP contribution in [-0.2, 0) is 4.74 Å². The fraction of sp³-hybridized carbons (Fsp3) is 0.500. The summed E-state index contributed by atoms with van der Waals surface area (Å²) < 4.78 is 10.7. The molecule has 3 nitrogen and oxygen atoms in total. The number of benzene rings is 1. The molecule has 0 bridgehead atoms. The molecular weight excluding hydrogens is 216 g/mol. The second kappa shape index (κ2) is 7.07. The van der Waals surface area contributed by atoms with Gasteiger partial charge in [0.2, 0.25) is 0 Å². The van der Waals surface area contributed by atoms with Crippen molar-refractivity contribution in [1.29, 1.82) is 0 Å². The Morgan fingerprint density at radius 2 is 2.12 bits per heavy atom. The normalized spacial score (nSPS) is 10.6. The Labute approximate surface area is 103 Å². The molecule has 0 aliphatic carbocycles. The molecule has 0 atom stereocenters. The summed E-state index contributed by atoms with van der Waals surface area (Å²) in [6.45, 7) is 6.96. The van der Waals surface area contributed by atoms with E-state index >= 15 is 0 Å². The second-order valence-electron chi connectivity index (χ2n) is 4.06. The number of carbonyl (C=O) groups excluding carboxylic acids is 1. The van der Waals surface area contributed by atoms with Gasteiger partial charge >= 0.3 is 0 Å². The van der Waals surface area contributed by atoms with Gasteiger partial charge in [-0.2, -0.15) is 0 Å². The molecule has 0 aliphatic rings. The first-order valence-corrected chi connectivity index (χ1v) is 6.01. The van der Waals surface area contributed by atoms with Crippen molar-refractivity contribution in [2.45, 2.75) is 33.3 Å². The van der Waals surface area contributed by atoms with Crippen LogP contribution in [0.15, 0.2) is 24.3 Å². The van der Waals surface area contributed by atoms with E-state index in [1.165, 1.54) is 0 Å². The van der Waals surface area contributed by atoms with Crippen molar-refractivity contribution in [3.63, 3.8) is 0 Å². The molecule has 0 saturated carbocycles. The third-order valence-corrected chi connectivity index (χ3v) is 2.21. The first kappa shape index (κ1) is 13.7. The van der Waals surface area contributed by atoms with Crippen LogP contribution in [0, 0.1) is 0 Å². The Morgan fingerprint density at radius 1 is 1.35 bits per heavy atom. The Kier molecular flexibility index (Phi) is 5.70. The van der Waals surface area contributed by atoms with Crippen LogP contribution in [0.5, 0.6) is 5.75 Å². The first-order valence-electron chi connectivity index (χ1n) is 6.01. The van der Waals surface area contributed by atoms with E-state index in [0.29, 0.717) is 25.2 Å². The fourth-order valence-electron chi connectivity index (χ4n) is 1.47. The van der Waals surface area contributed by atoms with Gasteiger partial charge < -0.3 is 9.47 Å². The van der Waals surface area contributed by atoms with E-state index in [0.717, 1.165) is 5.75 Å². The summed E-state index contributed by atoms with van der Waals surface area (Å²) in [6, 6.07) is 7.29. The zero-order valence-corrected chi connectivity index (χ0v) is 10.7. The molecule has 0 saturated heterocycles. The van der Waals surface area contributed by atoms with E-state index < -0.39 is 0 Å². The summed E-state index contributed by atoms with van der Waals surface area (Å²) in [5, 5.41) is 0. The van der Waals surface area contributed by atoms with E-state index in [1.54, 1.807) is 6.07 Å². The first-order chi connectivity index (χ1) is 8.13. The minimum Gasteiger partial charge on any atom is -0.491 e. The molecule has 94 valence electrons. The van der Waals surface area contributed by atoms with Crippen LogP contribution < -0.4 is 4.74 Å². The van der Waals surface area contributed by atoms with Crippen LogP contribution in [0.2, 0.25) is 0 Å². The van der Waals surface area contributed by atoms with Gasteiger partial charge in [-0.15, -0.1) is 0 Å². The standard InChI is InChI=1S/C14H20O3/c1-4-16-9-8-14(15)12-6-5-7-13(10-12)17-11(2)3/h5-7,10-11H,4,8-9H2,1-3H3. The van der Waals surface area contributed by atoms with Crippen LogP contribution in [-0.4, -0.2) is 25.1 Å². The van der Waals surface area contributed by atoms with Gasteiger partial charge in [-0.05, 0) is 32.9 Å². The lowest BCUT2D eigenvalue weighted by Crippen LogP contribution is -2.08. The highest BCUT2D eigenvalue weighted by atomic mass is 16.5. The molecule has 1 aromatic carbocycles. The number of Topliss-reactive ketones (excluding diaryl/α,β-unsaturated/α-hetero) is 1. The lowest BCUT2D eigenvalue weighted by Gasteiger charge is -2.10. The van der Waals surface area contributed by atoms with Gasteiger partial charge in [-0.3, -0.25) is 4.79 Å². The molecule has 0 aliphatic heterocycles. The highest BCUT2D eigenvalue weighted by Gasteiger charge is 2.07. The topological polar surface area (TPSA) is 35.5 Å². The molecule has 17 heavy (non-hydrogen) atoms. The van der Waals surface area contributed by atoms with Crippen molar-refractivity contribution in [3.05, 3.63) is 29.8 Å². The van der Waals surface area contributed by atoms with Gasteiger partial charge in [0, 0.05) is 18.6 Å². The van der Waals surface area contributed by atoms with Crippen molar-refractivity contribution in [1.82, 2.24) is 0 Å². The molecule has 0 spiro atoms. The number of ether oxygens (including phenoxy) is 2. The maximum atomic E-state index is 11.8. The predicted molar refractivity (Wildman–Crippen MR) is 67.6 cm³/mol. The van der Waals surface area contributed by atoms with Crippen molar-refractivity contribution < 1.29 is 14.3 Å². The van der Waals surface area contributed by atoms with Gasteiger partial charge in [0.05, 0.1) is 12.7 Å². The number of ketones is 1. The number of hydrogen-bond acceptors (Lipinski definition) is 3. The summed E-state index contributed by atoms with van der Waals surface area (Å²) >= 11 is 0. The number of carbonyl (C=O) groups is 1. The Bertz CT molecular complexity index is 358. The zero-order chi connectivity index (χ0) is 12.7. The van der Waals surface area contributed by atoms with E-state index in [1.807, 2.05) is 39.0 Å². The molecule has 1 rings (SSSR count). The third kappa shape index (κ3) is 5.00. The van der Waals surface area contributed by atoms with Crippen molar-refractivity contribution in [3.8, 4) is 5.75 Å². The number of rotatable bonds is 7. The second-order valence-corrected chi connectivity index (χ2v) is 4.06. The van der Waals surface area contributed by atoms with Gasteiger partial charge in [0.15, 0.2) is 5.78 Å². The molecular formula is C14H20O3. The quantitative estimate of drug-likeness (QED) is 0.539. The predicted octanol–water partition coefficient (Wildman–Crippen LogP) is 3.08. The summed E-state index contributed by atoms with van der Waals surface area (Å²) in [5.41, 5.74) is 0.683. The van der Waals surface area contributed by atoms with E-state index in [9.17, 15) is 4.79 Å². The van der Waals surface area contributed by atoms with E-state index in [2.05, 4.69) is 0 Å². The molecule has 0 unspecified atom stereocenters. The monoisotopic (exact) mass is 236 g/mol. The molecule has 1 aromatic rings. The minimum atomic E-state index is 0.0904. The maximum absolute atomic E-state index is 11.8. The van der Waals surface area contributed by atoms with Crippen LogP contribution in [0.25, 0.3) is 0 Å². The molecule has 0 heterocycles. The lowest BCUT2D eigenvalue weighted by atomic mass is 10.1. The average Bonchev–Trinajstić information content (AvgIpc) is 2.28. The fourth-order valence-corrected chi connectivity index (χ4v) is 1.47. The van der Waals surface area contributed by atoms with E-state index in [-0.39, 0.29) is 11.9 Å². The average molecular weight is 236 g/mol. The Morgan fingerprint density at radius 3 is 2.76 bits per heavy atom. The maximum Gasteiger partial charge on any atom is 0.165 e. The molecule has 0 aromatic heterocycles. The summed E-state index contributed by atoms with van der Waals surface area (Å²) in [5.74, 6) is 0.829. The minimum absolute atomic E-state index is 0.0904. The zero-order valence-electron chi connectivity index (χ0n) is 10.7. The van der Waals surface area contributed by atoms with Gasteiger partial charge in [0.1, 0.15) is 5.75 Å². The molecule has 0 fully saturated rings. The highest BCUT2D eigenvalue weighted by molar-refractivity contribution is 5.96. The van der Waals surface area contributed by atoms with Gasteiger partial charge in [-0.1, -0.05) is 12.1 Å². The number of hydrogen-bond donors (Lipinski definition) is 0. The van der Waals surface area contributed by atoms with Crippen molar-refractivity contribution in [2.24, 2.45) is 0 Å². The van der Waals surface area contributed by atoms with Crippen LogP contribution in [0.4, 0.5) is 0 Å². The molecule has 3 heteroatoms. The van der Waals surface area contributed by atoms with Crippen LogP contribution in [0.1, 0.15) is 37.6 Å². The van der Waals surface area contributed by atoms with E-state index in [4.69, 9.17) is 9.47 Å². The van der Waals surface area contributed by atoms with Crippen molar-refractivity contribution in [2.75, 3.05) is 13.2 Å². The lowest BCUT2D eigenvalue weighted by molar-refractivity contribution is 0.0895. The summed E-state index contributed by atoms with van der Waals surface area (Å²) in [7, 11) is 0. The van der Waals surface area contributed by atoms with Crippen LogP contribution in [0.3, 0.4) is 0 Å². The summed E-state index contributed by atoms with van der Waals surface area (Å²) in [4.78, 5) is 11.8. The SMILES string of the molecule is CCOCCC(=O)c1cccc(OC(C)C)c1. The third-order valence-electron chi connectivity index (χ3n) is 2.21. The van der Waals surface area contributed by atoms with Gasteiger partial charge in [0.25, 0.3) is 0 Å². The van der Waals surface area contributed by atoms with Crippen LogP contribution >= 0.6 is 0 Å². The van der Waals surface area contributed by atoms with Crippen molar-refractivity contribution >= 4 is 5.78 Å². The molecule has 0 N–H and O–H groups in total. The molecule has 0 radical (unpaired) electrons. The molecule has 0 amide bonds.